The molecule has 178 valence electrons. The first-order valence-corrected chi connectivity index (χ1v) is 10.8. The van der Waals surface area contributed by atoms with Gasteiger partial charge in [0.05, 0.1) is 31.9 Å². The van der Waals surface area contributed by atoms with Crippen LogP contribution in [0.1, 0.15) is 19.4 Å². The number of halogens is 1. The van der Waals surface area contributed by atoms with Gasteiger partial charge in [-0.1, -0.05) is 11.6 Å². The van der Waals surface area contributed by atoms with E-state index in [9.17, 15) is 9.59 Å². The molecule has 2 aromatic rings. The molecule has 0 aliphatic heterocycles. The lowest BCUT2D eigenvalue weighted by atomic mass is 10.2. The molecule has 0 spiro atoms. The quantitative estimate of drug-likeness (QED) is 0.266. The maximum Gasteiger partial charge on any atom is 0.331 e. The van der Waals surface area contributed by atoms with E-state index in [4.69, 9.17) is 35.3 Å². The van der Waals surface area contributed by atoms with Gasteiger partial charge in [0, 0.05) is 6.08 Å². The van der Waals surface area contributed by atoms with Crippen LogP contribution >= 0.6 is 11.6 Å². The van der Waals surface area contributed by atoms with Crippen molar-refractivity contribution in [1.82, 2.24) is 5.32 Å². The van der Waals surface area contributed by atoms with Crippen LogP contribution in [0.25, 0.3) is 6.08 Å². The largest absolute Gasteiger partial charge is 0.494 e. The zero-order valence-electron chi connectivity index (χ0n) is 18.9. The summed E-state index contributed by atoms with van der Waals surface area (Å²) < 4.78 is 26.6. The van der Waals surface area contributed by atoms with Crippen molar-refractivity contribution in [3.63, 3.8) is 0 Å². The molecule has 0 atom stereocenters. The standard InChI is InChI=1S/C24H28ClNO7/c1-4-30-18-7-9-19(10-8-18)32-13-12-26-22(27)16-33-23(28)11-6-17-14-20(25)24(29-3)21(15-17)31-5-2/h6-11,14-15H,4-5,12-13,16H2,1-3H3,(H,26,27)/b11-6+. The van der Waals surface area contributed by atoms with E-state index in [0.717, 1.165) is 5.75 Å². The van der Waals surface area contributed by atoms with Gasteiger partial charge in [-0.2, -0.15) is 0 Å². The predicted octanol–water partition coefficient (Wildman–Crippen LogP) is 3.90. The molecule has 2 rings (SSSR count). The molecule has 0 fully saturated rings. The van der Waals surface area contributed by atoms with Gasteiger partial charge < -0.3 is 29.0 Å². The molecule has 0 bridgehead atoms. The first kappa shape index (κ1) is 25.9. The van der Waals surface area contributed by atoms with Gasteiger partial charge in [0.25, 0.3) is 5.91 Å². The van der Waals surface area contributed by atoms with E-state index in [2.05, 4.69) is 5.32 Å². The average molecular weight is 478 g/mol. The Balaban J connectivity index is 1.72. The SMILES string of the molecule is CCOc1ccc(OCCNC(=O)COC(=O)/C=C/c2cc(Cl)c(OC)c(OCC)c2)cc1. The summed E-state index contributed by atoms with van der Waals surface area (Å²) in [6, 6.07) is 10.5. The Morgan fingerprint density at radius 3 is 2.30 bits per heavy atom. The molecule has 2 aromatic carbocycles. The minimum atomic E-state index is -0.666. The number of carbonyl (C=O) groups is 2. The summed E-state index contributed by atoms with van der Waals surface area (Å²) in [6.45, 7) is 4.91. The zero-order chi connectivity index (χ0) is 24.1. The van der Waals surface area contributed by atoms with Crippen molar-refractivity contribution < 1.29 is 33.3 Å². The van der Waals surface area contributed by atoms with Crippen LogP contribution in [-0.4, -0.2) is 52.0 Å². The zero-order valence-corrected chi connectivity index (χ0v) is 19.6. The molecule has 0 aliphatic carbocycles. The van der Waals surface area contributed by atoms with Crippen molar-refractivity contribution in [2.24, 2.45) is 0 Å². The van der Waals surface area contributed by atoms with Gasteiger partial charge in [-0.05, 0) is 61.9 Å². The predicted molar refractivity (Wildman–Crippen MR) is 125 cm³/mol. The van der Waals surface area contributed by atoms with Crippen LogP contribution in [0.3, 0.4) is 0 Å². The lowest BCUT2D eigenvalue weighted by Crippen LogP contribution is -2.31. The highest BCUT2D eigenvalue weighted by Crippen LogP contribution is 2.36. The number of nitrogens with one attached hydrogen (secondary N) is 1. The first-order valence-electron chi connectivity index (χ1n) is 10.4. The Bertz CT molecular complexity index is 945. The van der Waals surface area contributed by atoms with Crippen molar-refractivity contribution in [2.45, 2.75) is 13.8 Å². The Hall–Kier alpha value is -3.39. The molecule has 0 saturated carbocycles. The van der Waals surface area contributed by atoms with Crippen LogP contribution in [-0.2, 0) is 14.3 Å². The first-order chi connectivity index (χ1) is 16.0. The number of esters is 1. The number of rotatable bonds is 13. The van der Waals surface area contributed by atoms with Crippen LogP contribution in [0, 0.1) is 0 Å². The second-order valence-corrected chi connectivity index (χ2v) is 6.92. The maximum absolute atomic E-state index is 11.9. The molecule has 0 heterocycles. The summed E-state index contributed by atoms with van der Waals surface area (Å²) in [7, 11) is 1.49. The average Bonchev–Trinajstić information content (AvgIpc) is 2.80. The molecule has 33 heavy (non-hydrogen) atoms. The molecule has 0 saturated heterocycles. The highest BCUT2D eigenvalue weighted by molar-refractivity contribution is 6.32. The third kappa shape index (κ3) is 8.94. The molecular formula is C24H28ClNO7. The highest BCUT2D eigenvalue weighted by atomic mass is 35.5. The third-order valence-corrected chi connectivity index (χ3v) is 4.40. The van der Waals surface area contributed by atoms with Gasteiger partial charge >= 0.3 is 5.97 Å². The smallest absolute Gasteiger partial charge is 0.331 e. The van der Waals surface area contributed by atoms with Crippen molar-refractivity contribution in [3.05, 3.63) is 53.1 Å². The molecule has 8 nitrogen and oxygen atoms in total. The van der Waals surface area contributed by atoms with E-state index in [1.54, 1.807) is 24.3 Å². The van der Waals surface area contributed by atoms with E-state index in [1.165, 1.54) is 19.3 Å². The maximum atomic E-state index is 11.9. The number of benzene rings is 2. The second kappa shape index (κ2) is 13.9. The molecule has 1 N–H and O–H groups in total. The topological polar surface area (TPSA) is 92.3 Å². The van der Waals surface area contributed by atoms with Gasteiger partial charge in [0.15, 0.2) is 18.1 Å². The summed E-state index contributed by atoms with van der Waals surface area (Å²) in [4.78, 5) is 23.8. The summed E-state index contributed by atoms with van der Waals surface area (Å²) in [5.74, 6) is 1.21. The van der Waals surface area contributed by atoms with Crippen molar-refractivity contribution >= 4 is 29.6 Å². The summed E-state index contributed by atoms with van der Waals surface area (Å²) in [6.07, 6.45) is 2.72. The minimum Gasteiger partial charge on any atom is -0.494 e. The normalized spacial score (nSPS) is 10.5. The van der Waals surface area contributed by atoms with Crippen LogP contribution in [0.5, 0.6) is 23.0 Å². The number of carbonyl (C=O) groups excluding carboxylic acids is 2. The molecule has 0 aromatic heterocycles. The molecule has 0 aliphatic rings. The lowest BCUT2D eigenvalue weighted by Gasteiger charge is -2.11. The lowest BCUT2D eigenvalue weighted by molar-refractivity contribution is -0.143. The van der Waals surface area contributed by atoms with Gasteiger partial charge in [-0.3, -0.25) is 4.79 Å². The van der Waals surface area contributed by atoms with Crippen molar-refractivity contribution in [3.8, 4) is 23.0 Å². The van der Waals surface area contributed by atoms with Crippen molar-refractivity contribution in [2.75, 3.05) is 40.1 Å². The Kier molecular flexibility index (Phi) is 10.9. The van der Waals surface area contributed by atoms with Gasteiger partial charge in [-0.25, -0.2) is 4.79 Å². The Morgan fingerprint density at radius 1 is 1.00 bits per heavy atom. The number of hydrogen-bond donors (Lipinski definition) is 1. The Labute approximate surface area is 198 Å². The fraction of sp³-hybridized carbons (Fsp3) is 0.333. The van der Waals surface area contributed by atoms with Gasteiger partial charge in [0.1, 0.15) is 18.1 Å². The third-order valence-electron chi connectivity index (χ3n) is 4.12. The fourth-order valence-electron chi connectivity index (χ4n) is 2.70. The van der Waals surface area contributed by atoms with E-state index >= 15 is 0 Å². The monoisotopic (exact) mass is 477 g/mol. The minimum absolute atomic E-state index is 0.268. The van der Waals surface area contributed by atoms with Gasteiger partial charge in [0.2, 0.25) is 0 Å². The summed E-state index contributed by atoms with van der Waals surface area (Å²) in [5.41, 5.74) is 0.622. The van der Waals surface area contributed by atoms with Crippen LogP contribution in [0.15, 0.2) is 42.5 Å². The molecule has 1 amide bonds. The number of ether oxygens (including phenoxy) is 5. The fourth-order valence-corrected chi connectivity index (χ4v) is 3.00. The molecular weight excluding hydrogens is 450 g/mol. The second-order valence-electron chi connectivity index (χ2n) is 6.51. The Morgan fingerprint density at radius 2 is 1.67 bits per heavy atom. The summed E-state index contributed by atoms with van der Waals surface area (Å²) in [5, 5.41) is 2.97. The van der Waals surface area contributed by atoms with E-state index in [1.807, 2.05) is 26.0 Å². The van der Waals surface area contributed by atoms with Crippen LogP contribution in [0.2, 0.25) is 5.02 Å². The van der Waals surface area contributed by atoms with E-state index < -0.39 is 18.5 Å². The molecule has 9 heteroatoms. The van der Waals surface area contributed by atoms with Crippen LogP contribution in [0.4, 0.5) is 0 Å². The molecule has 0 unspecified atom stereocenters. The van der Waals surface area contributed by atoms with E-state index in [-0.39, 0.29) is 13.2 Å². The highest BCUT2D eigenvalue weighted by Gasteiger charge is 2.11. The molecule has 0 radical (unpaired) electrons. The number of amides is 1. The summed E-state index contributed by atoms with van der Waals surface area (Å²) >= 11 is 6.18. The van der Waals surface area contributed by atoms with Crippen LogP contribution < -0.4 is 24.3 Å². The van der Waals surface area contributed by atoms with E-state index in [0.29, 0.717) is 41.0 Å². The van der Waals surface area contributed by atoms with Crippen molar-refractivity contribution in [1.29, 1.82) is 0 Å². The number of hydrogen-bond acceptors (Lipinski definition) is 7. The van der Waals surface area contributed by atoms with Gasteiger partial charge in [-0.15, -0.1) is 0 Å². The number of methoxy groups -OCH3 is 1.